The van der Waals surface area contributed by atoms with Gasteiger partial charge in [0.1, 0.15) is 12.4 Å². The first-order valence-electron chi connectivity index (χ1n) is 7.69. The molecule has 3 rings (SSSR count). The Morgan fingerprint density at radius 3 is 2.64 bits per heavy atom. The van der Waals surface area contributed by atoms with Gasteiger partial charge in [-0.15, -0.1) is 0 Å². The van der Waals surface area contributed by atoms with E-state index < -0.39 is 0 Å². The van der Waals surface area contributed by atoms with Crippen LogP contribution in [-0.2, 0) is 6.54 Å². The maximum atomic E-state index is 6.09. The van der Waals surface area contributed by atoms with E-state index in [-0.39, 0.29) is 0 Å². The third-order valence-electron chi connectivity index (χ3n) is 3.79. The molecule has 0 bridgehead atoms. The molecule has 22 heavy (non-hydrogen) atoms. The lowest BCUT2D eigenvalue weighted by Crippen LogP contribution is -2.38. The van der Waals surface area contributed by atoms with Crippen molar-refractivity contribution in [3.63, 3.8) is 0 Å². The van der Waals surface area contributed by atoms with Crippen LogP contribution in [0.4, 0.5) is 0 Å². The topological polar surface area (TPSA) is 96.1 Å². The number of H-pyrrole nitrogens is 1. The molecule has 2 aromatic rings. The summed E-state index contributed by atoms with van der Waals surface area (Å²) in [6, 6.07) is 3.75. The molecule has 3 heterocycles. The molecule has 0 saturated carbocycles. The summed E-state index contributed by atoms with van der Waals surface area (Å²) < 4.78 is 0. The number of pyridine rings is 1. The molecule has 7 heteroatoms. The Kier molecular flexibility index (Phi) is 4.62. The molecule has 3 N–H and O–H groups in total. The van der Waals surface area contributed by atoms with Crippen molar-refractivity contribution in [1.82, 2.24) is 25.1 Å². The first-order valence-corrected chi connectivity index (χ1v) is 7.69. The first kappa shape index (κ1) is 14.5. The molecule has 0 radical (unpaired) electrons. The van der Waals surface area contributed by atoms with Crippen LogP contribution in [0.2, 0.25) is 0 Å². The summed E-state index contributed by atoms with van der Waals surface area (Å²) in [6.45, 7) is 2.41. The maximum Gasteiger partial charge on any atom is 0.191 e. The van der Waals surface area contributed by atoms with Gasteiger partial charge in [-0.2, -0.15) is 5.10 Å². The Labute approximate surface area is 129 Å². The fourth-order valence-corrected chi connectivity index (χ4v) is 2.55. The molecule has 2 aromatic heterocycles. The largest absolute Gasteiger partial charge is 0.370 e. The second-order valence-corrected chi connectivity index (χ2v) is 5.42. The van der Waals surface area contributed by atoms with Crippen LogP contribution in [0.15, 0.2) is 29.5 Å². The Hall–Kier alpha value is -2.44. The number of hydrogen-bond donors (Lipinski definition) is 2. The van der Waals surface area contributed by atoms with Crippen molar-refractivity contribution in [3.05, 3.63) is 30.4 Å². The lowest BCUT2D eigenvalue weighted by Gasteiger charge is -2.20. The number of hydrogen-bond acceptors (Lipinski definition) is 4. The van der Waals surface area contributed by atoms with E-state index in [4.69, 9.17) is 5.73 Å². The molecule has 1 aliphatic heterocycles. The zero-order chi connectivity index (χ0) is 15.2. The van der Waals surface area contributed by atoms with Gasteiger partial charge in [0.25, 0.3) is 0 Å². The van der Waals surface area contributed by atoms with Crippen molar-refractivity contribution in [2.45, 2.75) is 32.2 Å². The Morgan fingerprint density at radius 2 is 1.91 bits per heavy atom. The summed E-state index contributed by atoms with van der Waals surface area (Å²) >= 11 is 0. The molecule has 1 saturated heterocycles. The van der Waals surface area contributed by atoms with Crippen molar-refractivity contribution in [2.24, 2.45) is 10.7 Å². The number of rotatable bonds is 3. The van der Waals surface area contributed by atoms with E-state index in [1.807, 2.05) is 12.1 Å². The summed E-state index contributed by atoms with van der Waals surface area (Å²) in [6.07, 6.45) is 8.37. The highest BCUT2D eigenvalue weighted by molar-refractivity contribution is 5.78. The van der Waals surface area contributed by atoms with Crippen molar-refractivity contribution >= 4 is 5.96 Å². The van der Waals surface area contributed by atoms with Crippen LogP contribution < -0.4 is 5.73 Å². The summed E-state index contributed by atoms with van der Waals surface area (Å²) in [5, 5.41) is 7.12. The van der Waals surface area contributed by atoms with E-state index >= 15 is 0 Å². The van der Waals surface area contributed by atoms with Gasteiger partial charge < -0.3 is 10.6 Å². The van der Waals surface area contributed by atoms with E-state index in [2.05, 4.69) is 30.1 Å². The Balaban J connectivity index is 1.63. The highest BCUT2D eigenvalue weighted by Gasteiger charge is 2.11. The number of aromatic nitrogens is 4. The van der Waals surface area contributed by atoms with Gasteiger partial charge in [-0.05, 0) is 25.0 Å². The summed E-state index contributed by atoms with van der Waals surface area (Å²) in [5.74, 6) is 1.97. The lowest BCUT2D eigenvalue weighted by atomic mass is 10.2. The smallest absolute Gasteiger partial charge is 0.191 e. The fourth-order valence-electron chi connectivity index (χ4n) is 2.55. The van der Waals surface area contributed by atoms with Gasteiger partial charge in [-0.25, -0.2) is 9.98 Å². The van der Waals surface area contributed by atoms with Crippen molar-refractivity contribution in [2.75, 3.05) is 13.1 Å². The van der Waals surface area contributed by atoms with Gasteiger partial charge in [0, 0.05) is 31.0 Å². The number of nitrogens with zero attached hydrogens (tertiary/aromatic N) is 5. The van der Waals surface area contributed by atoms with Gasteiger partial charge in [-0.1, -0.05) is 12.8 Å². The van der Waals surface area contributed by atoms with E-state index in [1.165, 1.54) is 25.7 Å². The van der Waals surface area contributed by atoms with Crippen LogP contribution in [0.3, 0.4) is 0 Å². The summed E-state index contributed by atoms with van der Waals surface area (Å²) in [4.78, 5) is 15.0. The molecule has 1 aliphatic rings. The molecule has 0 spiro atoms. The normalized spacial score (nSPS) is 16.5. The predicted molar refractivity (Wildman–Crippen MR) is 85.0 cm³/mol. The van der Waals surface area contributed by atoms with Crippen LogP contribution >= 0.6 is 0 Å². The average molecular weight is 299 g/mol. The Bertz CT molecular complexity index is 612. The van der Waals surface area contributed by atoms with Crippen LogP contribution in [0.5, 0.6) is 0 Å². The Morgan fingerprint density at radius 1 is 1.18 bits per heavy atom. The second-order valence-electron chi connectivity index (χ2n) is 5.42. The third kappa shape index (κ3) is 3.60. The monoisotopic (exact) mass is 299 g/mol. The van der Waals surface area contributed by atoms with Crippen LogP contribution in [0.1, 0.15) is 31.5 Å². The van der Waals surface area contributed by atoms with E-state index in [9.17, 15) is 0 Å². The summed E-state index contributed by atoms with van der Waals surface area (Å²) in [7, 11) is 0. The molecule has 7 nitrogen and oxygen atoms in total. The van der Waals surface area contributed by atoms with Gasteiger partial charge in [0.15, 0.2) is 11.8 Å². The number of nitrogens with two attached hydrogens (primary N) is 1. The minimum atomic E-state index is 0.417. The number of aliphatic imine (C=N–C) groups is 1. The van der Waals surface area contributed by atoms with Crippen LogP contribution in [0, 0.1) is 0 Å². The maximum absolute atomic E-state index is 6.09. The van der Waals surface area contributed by atoms with Crippen molar-refractivity contribution in [1.29, 1.82) is 0 Å². The number of guanidine groups is 1. The highest BCUT2D eigenvalue weighted by Crippen LogP contribution is 2.13. The van der Waals surface area contributed by atoms with E-state index in [1.54, 1.807) is 12.4 Å². The molecule has 0 aliphatic carbocycles. The lowest BCUT2D eigenvalue weighted by molar-refractivity contribution is 0.428. The zero-order valence-electron chi connectivity index (χ0n) is 12.6. The molecule has 0 amide bonds. The van der Waals surface area contributed by atoms with Crippen molar-refractivity contribution in [3.8, 4) is 11.4 Å². The fraction of sp³-hybridized carbons (Fsp3) is 0.467. The van der Waals surface area contributed by atoms with Gasteiger partial charge >= 0.3 is 0 Å². The standard InChI is InChI=1S/C15H21N7/c16-15(22-9-3-1-2-4-10-22)18-11-13-19-14(21-20-13)12-5-7-17-8-6-12/h5-8H,1-4,9-11H2,(H2,16,18)(H,19,20,21). The molecular weight excluding hydrogens is 278 g/mol. The van der Waals surface area contributed by atoms with E-state index in [0.717, 1.165) is 18.7 Å². The zero-order valence-corrected chi connectivity index (χ0v) is 12.6. The van der Waals surface area contributed by atoms with Gasteiger partial charge in [-0.3, -0.25) is 10.1 Å². The van der Waals surface area contributed by atoms with Crippen LogP contribution in [0.25, 0.3) is 11.4 Å². The van der Waals surface area contributed by atoms with Gasteiger partial charge in [0.2, 0.25) is 0 Å². The average Bonchev–Trinajstić information content (AvgIpc) is 2.87. The number of aromatic amines is 1. The van der Waals surface area contributed by atoms with Crippen LogP contribution in [-0.4, -0.2) is 44.1 Å². The quantitative estimate of drug-likeness (QED) is 0.662. The number of likely N-dealkylation sites (tertiary alicyclic amines) is 1. The predicted octanol–water partition coefficient (Wildman–Crippen LogP) is 1.56. The second kappa shape index (κ2) is 7.02. The third-order valence-corrected chi connectivity index (χ3v) is 3.79. The summed E-state index contributed by atoms with van der Waals surface area (Å²) in [5.41, 5.74) is 7.02. The SMILES string of the molecule is NC(=NCc1nc(-c2ccncc2)n[nH]1)N1CCCCCC1. The minimum absolute atomic E-state index is 0.417. The first-order chi connectivity index (χ1) is 10.8. The van der Waals surface area contributed by atoms with Gasteiger partial charge in [0.05, 0.1) is 0 Å². The molecule has 0 unspecified atom stereocenters. The minimum Gasteiger partial charge on any atom is -0.370 e. The highest BCUT2D eigenvalue weighted by atomic mass is 15.3. The molecule has 116 valence electrons. The molecule has 0 atom stereocenters. The number of nitrogens with one attached hydrogen (secondary N) is 1. The van der Waals surface area contributed by atoms with Crippen molar-refractivity contribution < 1.29 is 0 Å². The molecule has 0 aromatic carbocycles. The molecular formula is C15H21N7. The molecule has 1 fully saturated rings. The van der Waals surface area contributed by atoms with E-state index in [0.29, 0.717) is 24.2 Å².